The maximum atomic E-state index is 4.78. The highest BCUT2D eigenvalue weighted by Gasteiger charge is 2.16. The van der Waals surface area contributed by atoms with Crippen LogP contribution in [-0.2, 0) is 25.1 Å². The molecule has 0 spiro atoms. The molecule has 3 nitrogen and oxygen atoms in total. The molecule has 0 saturated heterocycles. The molecule has 0 amide bonds. The summed E-state index contributed by atoms with van der Waals surface area (Å²) in [4.78, 5) is 9.53. The average Bonchev–Trinajstić information content (AvgIpc) is 2.37. The summed E-state index contributed by atoms with van der Waals surface area (Å²) < 4.78 is 0. The molecule has 4 heteroatoms. The summed E-state index contributed by atoms with van der Waals surface area (Å²) in [5, 5.41) is 4.06. The van der Waals surface area contributed by atoms with Crippen LogP contribution in [0, 0.1) is 0 Å². The summed E-state index contributed by atoms with van der Waals surface area (Å²) in [7, 11) is 0. The number of aryl methyl sites for hydroxylation is 1. The normalized spacial score (nSPS) is 14.9. The fourth-order valence-electron chi connectivity index (χ4n) is 2.22. The Labute approximate surface area is 114 Å². The molecule has 0 bridgehead atoms. The lowest BCUT2D eigenvalue weighted by molar-refractivity contribution is 0.610. The van der Waals surface area contributed by atoms with E-state index in [4.69, 9.17) is 9.97 Å². The Bertz CT molecular complexity index is 404. The van der Waals surface area contributed by atoms with E-state index in [1.807, 2.05) is 11.8 Å². The van der Waals surface area contributed by atoms with Crippen molar-refractivity contribution in [3.8, 4) is 0 Å². The van der Waals surface area contributed by atoms with Gasteiger partial charge in [-0.3, -0.25) is 0 Å². The van der Waals surface area contributed by atoms with E-state index < -0.39 is 0 Å². The van der Waals surface area contributed by atoms with Crippen LogP contribution in [0.3, 0.4) is 0 Å². The van der Waals surface area contributed by atoms with Gasteiger partial charge in [-0.05, 0) is 11.7 Å². The molecule has 0 unspecified atom stereocenters. The molecule has 0 aromatic carbocycles. The number of fused-ring (bicyclic) bond motifs is 1. The number of thioether (sulfide) groups is 1. The first-order valence-electron chi connectivity index (χ1n) is 6.90. The van der Waals surface area contributed by atoms with Crippen LogP contribution < -0.4 is 5.32 Å². The van der Waals surface area contributed by atoms with Gasteiger partial charge in [0.15, 0.2) is 0 Å². The molecule has 0 radical (unpaired) electrons. The topological polar surface area (TPSA) is 37.8 Å². The Morgan fingerprint density at radius 3 is 2.89 bits per heavy atom. The number of hydrogen-bond acceptors (Lipinski definition) is 4. The molecule has 0 atom stereocenters. The first-order valence-corrected chi connectivity index (χ1v) is 7.95. The van der Waals surface area contributed by atoms with Crippen molar-refractivity contribution in [2.45, 2.75) is 57.6 Å². The van der Waals surface area contributed by atoms with Gasteiger partial charge in [-0.1, -0.05) is 27.2 Å². The van der Waals surface area contributed by atoms with E-state index in [1.165, 1.54) is 17.0 Å². The maximum Gasteiger partial charge on any atom is 0.138 e. The highest BCUT2D eigenvalue weighted by atomic mass is 32.2. The Morgan fingerprint density at radius 2 is 2.17 bits per heavy atom. The third kappa shape index (κ3) is 3.45. The zero-order valence-electron chi connectivity index (χ0n) is 11.6. The van der Waals surface area contributed by atoms with Crippen LogP contribution in [-0.4, -0.2) is 21.8 Å². The zero-order chi connectivity index (χ0) is 13.0. The zero-order valence-corrected chi connectivity index (χ0v) is 12.4. The van der Waals surface area contributed by atoms with Crippen molar-refractivity contribution >= 4 is 11.8 Å². The standard InChI is InChI=1S/C14H23N3S/c1-4-5-12-11-8-15-7-6-13(11)17-14(16-12)9-18-10(2)3/h10,15H,4-9H2,1-3H3. The van der Waals surface area contributed by atoms with E-state index in [9.17, 15) is 0 Å². The minimum Gasteiger partial charge on any atom is -0.312 e. The molecule has 0 saturated carbocycles. The molecule has 1 aromatic rings. The highest BCUT2D eigenvalue weighted by Crippen LogP contribution is 2.20. The van der Waals surface area contributed by atoms with Crippen molar-refractivity contribution < 1.29 is 0 Å². The predicted octanol–water partition coefficient (Wildman–Crippen LogP) is 2.72. The molecule has 2 rings (SSSR count). The Hall–Kier alpha value is -0.610. The predicted molar refractivity (Wildman–Crippen MR) is 77.9 cm³/mol. The van der Waals surface area contributed by atoms with E-state index in [0.29, 0.717) is 5.25 Å². The fourth-order valence-corrected chi connectivity index (χ4v) is 2.83. The van der Waals surface area contributed by atoms with E-state index in [2.05, 4.69) is 26.1 Å². The minimum absolute atomic E-state index is 0.640. The molecular weight excluding hydrogens is 242 g/mol. The average molecular weight is 265 g/mol. The lowest BCUT2D eigenvalue weighted by Gasteiger charge is -2.20. The summed E-state index contributed by atoms with van der Waals surface area (Å²) in [6, 6.07) is 0. The van der Waals surface area contributed by atoms with Crippen LogP contribution >= 0.6 is 11.8 Å². The van der Waals surface area contributed by atoms with Gasteiger partial charge in [0, 0.05) is 30.8 Å². The molecule has 2 heterocycles. The highest BCUT2D eigenvalue weighted by molar-refractivity contribution is 7.99. The Balaban J connectivity index is 2.23. The molecular formula is C14H23N3S. The van der Waals surface area contributed by atoms with Crippen molar-refractivity contribution in [2.75, 3.05) is 6.54 Å². The van der Waals surface area contributed by atoms with Crippen LogP contribution in [0.15, 0.2) is 0 Å². The van der Waals surface area contributed by atoms with Crippen LogP contribution in [0.2, 0.25) is 0 Å². The van der Waals surface area contributed by atoms with Crippen molar-refractivity contribution in [1.29, 1.82) is 0 Å². The molecule has 1 N–H and O–H groups in total. The lowest BCUT2D eigenvalue weighted by atomic mass is 10.0. The molecule has 0 fully saturated rings. The molecule has 18 heavy (non-hydrogen) atoms. The van der Waals surface area contributed by atoms with Crippen LogP contribution in [0.1, 0.15) is 50.0 Å². The second kappa shape index (κ2) is 6.53. The van der Waals surface area contributed by atoms with Crippen molar-refractivity contribution in [3.05, 3.63) is 22.8 Å². The maximum absolute atomic E-state index is 4.78. The van der Waals surface area contributed by atoms with Gasteiger partial charge in [0.2, 0.25) is 0 Å². The van der Waals surface area contributed by atoms with E-state index >= 15 is 0 Å². The molecule has 0 aliphatic carbocycles. The number of nitrogens with zero attached hydrogens (tertiary/aromatic N) is 2. The van der Waals surface area contributed by atoms with E-state index in [0.717, 1.165) is 43.9 Å². The van der Waals surface area contributed by atoms with Gasteiger partial charge in [0.1, 0.15) is 5.82 Å². The van der Waals surface area contributed by atoms with Crippen molar-refractivity contribution in [3.63, 3.8) is 0 Å². The lowest BCUT2D eigenvalue weighted by Crippen LogP contribution is -2.27. The molecule has 100 valence electrons. The first kappa shape index (κ1) is 13.8. The summed E-state index contributed by atoms with van der Waals surface area (Å²) in [5.74, 6) is 1.97. The largest absolute Gasteiger partial charge is 0.312 e. The van der Waals surface area contributed by atoms with Gasteiger partial charge in [-0.2, -0.15) is 11.8 Å². The Morgan fingerprint density at radius 1 is 1.33 bits per heavy atom. The third-order valence-corrected chi connectivity index (χ3v) is 4.19. The Kier molecular flexibility index (Phi) is 5.01. The molecule has 1 aromatic heterocycles. The van der Waals surface area contributed by atoms with E-state index in [-0.39, 0.29) is 0 Å². The molecule has 1 aliphatic heterocycles. The summed E-state index contributed by atoms with van der Waals surface area (Å²) in [6.07, 6.45) is 3.28. The SMILES string of the molecule is CCCc1nc(CSC(C)C)nc2c1CNCC2. The number of nitrogens with one attached hydrogen (secondary N) is 1. The smallest absolute Gasteiger partial charge is 0.138 e. The second-order valence-corrected chi connectivity index (χ2v) is 6.61. The first-order chi connectivity index (χ1) is 8.70. The van der Waals surface area contributed by atoms with Crippen molar-refractivity contribution in [1.82, 2.24) is 15.3 Å². The third-order valence-electron chi connectivity index (χ3n) is 3.10. The van der Waals surface area contributed by atoms with Gasteiger partial charge in [-0.15, -0.1) is 0 Å². The van der Waals surface area contributed by atoms with Crippen LogP contribution in [0.5, 0.6) is 0 Å². The summed E-state index contributed by atoms with van der Waals surface area (Å²) in [5.41, 5.74) is 3.92. The summed E-state index contributed by atoms with van der Waals surface area (Å²) >= 11 is 1.92. The van der Waals surface area contributed by atoms with Crippen molar-refractivity contribution in [2.24, 2.45) is 0 Å². The van der Waals surface area contributed by atoms with Crippen LogP contribution in [0.25, 0.3) is 0 Å². The monoisotopic (exact) mass is 265 g/mol. The quantitative estimate of drug-likeness (QED) is 0.888. The molecule has 1 aliphatic rings. The summed E-state index contributed by atoms with van der Waals surface area (Å²) in [6.45, 7) is 8.65. The number of rotatable bonds is 5. The van der Waals surface area contributed by atoms with Gasteiger partial charge < -0.3 is 5.32 Å². The minimum atomic E-state index is 0.640. The van der Waals surface area contributed by atoms with Crippen LogP contribution in [0.4, 0.5) is 0 Å². The second-order valence-electron chi connectivity index (χ2n) is 5.05. The number of aromatic nitrogens is 2. The van der Waals surface area contributed by atoms with Gasteiger partial charge in [0.25, 0.3) is 0 Å². The number of hydrogen-bond donors (Lipinski definition) is 1. The van der Waals surface area contributed by atoms with Gasteiger partial charge in [0.05, 0.1) is 11.4 Å². The van der Waals surface area contributed by atoms with E-state index in [1.54, 1.807) is 0 Å². The van der Waals surface area contributed by atoms with Gasteiger partial charge >= 0.3 is 0 Å². The fraction of sp³-hybridized carbons (Fsp3) is 0.714. The van der Waals surface area contributed by atoms with Gasteiger partial charge in [-0.25, -0.2) is 9.97 Å².